The second kappa shape index (κ2) is 6.56. The second-order valence-corrected chi connectivity index (χ2v) is 5.26. The Kier molecular flexibility index (Phi) is 5.60. The lowest BCUT2D eigenvalue weighted by Gasteiger charge is -2.35. The van der Waals surface area contributed by atoms with E-state index in [0.29, 0.717) is 16.7 Å². The first kappa shape index (κ1) is 16.2. The van der Waals surface area contributed by atoms with E-state index in [1.807, 2.05) is 26.0 Å². The zero-order valence-corrected chi connectivity index (χ0v) is 12.6. The Morgan fingerprint density at radius 3 is 2.26 bits per heavy atom. The van der Waals surface area contributed by atoms with Gasteiger partial charge in [0.05, 0.1) is 5.02 Å². The Bertz CT molecular complexity index is 411. The summed E-state index contributed by atoms with van der Waals surface area (Å²) in [6, 6.07) is 5.51. The number of benzene rings is 1. The number of rotatable bonds is 3. The molecule has 0 heterocycles. The Morgan fingerprint density at radius 2 is 1.84 bits per heavy atom. The highest BCUT2D eigenvalue weighted by Crippen LogP contribution is 2.41. The zero-order valence-electron chi connectivity index (χ0n) is 11.8. The third kappa shape index (κ3) is 4.34. The molecule has 0 spiro atoms. The standard InChI is InChI=1S/C13H15ClF2O.C2H6/c1-8(2)9-3-4-12(11(14)5-9)17-10-6-13(15,16)7-10;1-2/h3-5,8,10H,6-7H2,1-2H3;1-2H3. The molecular weight excluding hydrogens is 270 g/mol. The van der Waals surface area contributed by atoms with Gasteiger partial charge in [0.2, 0.25) is 0 Å². The fourth-order valence-corrected chi connectivity index (χ4v) is 2.07. The monoisotopic (exact) mass is 290 g/mol. The molecule has 108 valence electrons. The van der Waals surface area contributed by atoms with Gasteiger partial charge in [-0.25, -0.2) is 8.78 Å². The van der Waals surface area contributed by atoms with Gasteiger partial charge in [-0.15, -0.1) is 0 Å². The summed E-state index contributed by atoms with van der Waals surface area (Å²) in [4.78, 5) is 0. The molecule has 0 aliphatic heterocycles. The van der Waals surface area contributed by atoms with E-state index >= 15 is 0 Å². The maximum absolute atomic E-state index is 12.6. The van der Waals surface area contributed by atoms with Gasteiger partial charge >= 0.3 is 0 Å². The van der Waals surface area contributed by atoms with Crippen molar-refractivity contribution in [3.63, 3.8) is 0 Å². The minimum absolute atomic E-state index is 0.213. The molecule has 1 aliphatic carbocycles. The van der Waals surface area contributed by atoms with Crippen molar-refractivity contribution >= 4 is 11.6 Å². The van der Waals surface area contributed by atoms with E-state index in [2.05, 4.69) is 13.8 Å². The lowest BCUT2D eigenvalue weighted by atomic mass is 9.91. The minimum atomic E-state index is -2.56. The van der Waals surface area contributed by atoms with E-state index in [1.165, 1.54) is 0 Å². The van der Waals surface area contributed by atoms with Gasteiger partial charge in [-0.2, -0.15) is 0 Å². The van der Waals surface area contributed by atoms with Crippen LogP contribution in [0.15, 0.2) is 18.2 Å². The molecule has 1 aliphatic rings. The molecule has 1 saturated carbocycles. The van der Waals surface area contributed by atoms with Crippen LogP contribution in [0.4, 0.5) is 8.78 Å². The van der Waals surface area contributed by atoms with E-state index < -0.39 is 12.0 Å². The number of halogens is 3. The van der Waals surface area contributed by atoms with Gasteiger partial charge in [-0.1, -0.05) is 45.4 Å². The summed E-state index contributed by atoms with van der Waals surface area (Å²) in [6.07, 6.45) is -0.836. The van der Waals surface area contributed by atoms with E-state index in [-0.39, 0.29) is 12.8 Å². The van der Waals surface area contributed by atoms with Crippen LogP contribution in [0.2, 0.25) is 5.02 Å². The van der Waals surface area contributed by atoms with Crippen LogP contribution in [0.3, 0.4) is 0 Å². The Hall–Kier alpha value is -0.830. The predicted octanol–water partition coefficient (Wildman–Crippen LogP) is 5.67. The first-order chi connectivity index (χ1) is 8.87. The van der Waals surface area contributed by atoms with Crippen molar-refractivity contribution in [2.45, 2.75) is 58.5 Å². The molecule has 0 aromatic heterocycles. The van der Waals surface area contributed by atoms with Crippen LogP contribution >= 0.6 is 11.6 Å². The van der Waals surface area contributed by atoms with Gasteiger partial charge in [0.25, 0.3) is 5.92 Å². The molecule has 0 atom stereocenters. The third-order valence-corrected chi connectivity index (χ3v) is 3.26. The van der Waals surface area contributed by atoms with Gasteiger partial charge in [0.1, 0.15) is 11.9 Å². The highest BCUT2D eigenvalue weighted by Gasteiger charge is 2.47. The molecule has 1 fully saturated rings. The molecule has 1 aromatic rings. The number of alkyl halides is 2. The third-order valence-electron chi connectivity index (χ3n) is 2.97. The van der Waals surface area contributed by atoms with Crippen molar-refractivity contribution < 1.29 is 13.5 Å². The average molecular weight is 291 g/mol. The highest BCUT2D eigenvalue weighted by molar-refractivity contribution is 6.32. The number of hydrogen-bond acceptors (Lipinski definition) is 1. The summed E-state index contributed by atoms with van der Waals surface area (Å²) >= 11 is 6.06. The van der Waals surface area contributed by atoms with Gasteiger partial charge in [0.15, 0.2) is 0 Å². The fraction of sp³-hybridized carbons (Fsp3) is 0.600. The van der Waals surface area contributed by atoms with Crippen molar-refractivity contribution in [2.24, 2.45) is 0 Å². The van der Waals surface area contributed by atoms with Crippen molar-refractivity contribution in [2.75, 3.05) is 0 Å². The summed E-state index contributed by atoms with van der Waals surface area (Å²) in [5, 5.41) is 0.492. The van der Waals surface area contributed by atoms with Gasteiger partial charge < -0.3 is 4.74 Å². The first-order valence-corrected chi connectivity index (χ1v) is 7.09. The Balaban J connectivity index is 0.000000861. The van der Waals surface area contributed by atoms with Crippen LogP contribution in [-0.4, -0.2) is 12.0 Å². The topological polar surface area (TPSA) is 9.23 Å². The van der Waals surface area contributed by atoms with Crippen LogP contribution in [0.5, 0.6) is 5.75 Å². The van der Waals surface area contributed by atoms with Crippen LogP contribution in [0.25, 0.3) is 0 Å². The minimum Gasteiger partial charge on any atom is -0.488 e. The predicted molar refractivity (Wildman–Crippen MR) is 75.5 cm³/mol. The summed E-state index contributed by atoms with van der Waals surface area (Å²) in [6.45, 7) is 8.14. The van der Waals surface area contributed by atoms with Crippen molar-refractivity contribution in [3.05, 3.63) is 28.8 Å². The maximum Gasteiger partial charge on any atom is 0.255 e. The normalized spacial score (nSPS) is 17.5. The summed E-state index contributed by atoms with van der Waals surface area (Å²) in [5.41, 5.74) is 1.11. The van der Waals surface area contributed by atoms with Gasteiger partial charge in [0, 0.05) is 12.8 Å². The average Bonchev–Trinajstić information content (AvgIpc) is 2.31. The molecule has 4 heteroatoms. The molecule has 0 saturated heterocycles. The largest absolute Gasteiger partial charge is 0.488 e. The van der Waals surface area contributed by atoms with Crippen LogP contribution in [0, 0.1) is 0 Å². The fourth-order valence-electron chi connectivity index (χ4n) is 1.84. The number of hydrogen-bond donors (Lipinski definition) is 0. The van der Waals surface area contributed by atoms with Crippen LogP contribution in [0.1, 0.15) is 52.0 Å². The van der Waals surface area contributed by atoms with Gasteiger partial charge in [-0.05, 0) is 23.6 Å². The molecule has 1 nitrogen and oxygen atoms in total. The summed E-state index contributed by atoms with van der Waals surface area (Å²) in [7, 11) is 0. The zero-order chi connectivity index (χ0) is 14.6. The Labute approximate surface area is 118 Å². The lowest BCUT2D eigenvalue weighted by molar-refractivity contribution is -0.134. The van der Waals surface area contributed by atoms with Crippen LogP contribution < -0.4 is 4.74 Å². The van der Waals surface area contributed by atoms with Gasteiger partial charge in [-0.3, -0.25) is 0 Å². The molecule has 0 radical (unpaired) electrons. The lowest BCUT2D eigenvalue weighted by Crippen LogP contribution is -2.43. The first-order valence-electron chi connectivity index (χ1n) is 6.71. The number of ether oxygens (including phenoxy) is 1. The molecule has 1 aromatic carbocycles. The molecule has 0 N–H and O–H groups in total. The van der Waals surface area contributed by atoms with E-state index in [1.54, 1.807) is 6.07 Å². The molecule has 0 unspecified atom stereocenters. The van der Waals surface area contributed by atoms with Crippen LogP contribution in [-0.2, 0) is 0 Å². The summed E-state index contributed by atoms with van der Waals surface area (Å²) < 4.78 is 30.7. The molecule has 2 rings (SSSR count). The SMILES string of the molecule is CC.CC(C)c1ccc(OC2CC(F)(F)C2)c(Cl)c1. The van der Waals surface area contributed by atoms with Crippen molar-refractivity contribution in [3.8, 4) is 5.75 Å². The molecular formula is C15H21ClF2O. The van der Waals surface area contributed by atoms with E-state index in [4.69, 9.17) is 16.3 Å². The van der Waals surface area contributed by atoms with Crippen molar-refractivity contribution in [1.82, 2.24) is 0 Å². The quantitative estimate of drug-likeness (QED) is 0.697. The second-order valence-electron chi connectivity index (χ2n) is 4.85. The van der Waals surface area contributed by atoms with E-state index in [0.717, 1.165) is 5.56 Å². The van der Waals surface area contributed by atoms with Crippen molar-refractivity contribution in [1.29, 1.82) is 0 Å². The molecule has 0 amide bonds. The smallest absolute Gasteiger partial charge is 0.255 e. The highest BCUT2D eigenvalue weighted by atomic mass is 35.5. The molecule has 0 bridgehead atoms. The molecule has 19 heavy (non-hydrogen) atoms. The Morgan fingerprint density at radius 1 is 1.26 bits per heavy atom. The maximum atomic E-state index is 12.6. The van der Waals surface area contributed by atoms with E-state index in [9.17, 15) is 8.78 Å². The summed E-state index contributed by atoms with van der Waals surface area (Å²) in [5.74, 6) is -1.68.